The number of aryl methyl sites for hydroxylation is 1. The van der Waals surface area contributed by atoms with Crippen LogP contribution in [0.4, 0.5) is 0 Å². The number of amides is 2. The topological polar surface area (TPSA) is 52.7 Å². The largest absolute Gasteiger partial charge is 0.352 e. The molecule has 4 rings (SSSR count). The summed E-state index contributed by atoms with van der Waals surface area (Å²) in [7, 11) is 0. The van der Waals surface area contributed by atoms with Crippen LogP contribution < -0.4 is 5.32 Å². The van der Waals surface area contributed by atoms with E-state index in [1.807, 2.05) is 12.1 Å². The van der Waals surface area contributed by atoms with Crippen molar-refractivity contribution in [3.63, 3.8) is 0 Å². The molecule has 0 bridgehead atoms. The van der Waals surface area contributed by atoms with E-state index in [0.29, 0.717) is 24.4 Å². The highest BCUT2D eigenvalue weighted by molar-refractivity contribution is 5.81. The van der Waals surface area contributed by atoms with E-state index in [-0.39, 0.29) is 11.8 Å². The molecule has 3 aliphatic rings. The van der Waals surface area contributed by atoms with Crippen molar-refractivity contribution in [2.45, 2.75) is 58.0 Å². The lowest BCUT2D eigenvalue weighted by Gasteiger charge is -2.42. The van der Waals surface area contributed by atoms with Crippen molar-refractivity contribution in [2.75, 3.05) is 26.2 Å². The summed E-state index contributed by atoms with van der Waals surface area (Å²) in [6.45, 7) is 6.43. The molecule has 1 saturated carbocycles. The molecular weight excluding hydrogens is 350 g/mol. The van der Waals surface area contributed by atoms with Gasteiger partial charge < -0.3 is 10.2 Å². The lowest BCUT2D eigenvalue weighted by Crippen LogP contribution is -2.51. The Hall–Kier alpha value is -1.88. The molecule has 2 heterocycles. The lowest BCUT2D eigenvalue weighted by atomic mass is 9.93. The minimum Gasteiger partial charge on any atom is -0.352 e. The van der Waals surface area contributed by atoms with Crippen molar-refractivity contribution in [3.8, 4) is 0 Å². The summed E-state index contributed by atoms with van der Waals surface area (Å²) >= 11 is 0. The number of rotatable bonds is 5. The van der Waals surface area contributed by atoms with E-state index >= 15 is 0 Å². The number of likely N-dealkylation sites (tertiary alicyclic amines) is 2. The number of hydrogen-bond donors (Lipinski definition) is 1. The van der Waals surface area contributed by atoms with Crippen molar-refractivity contribution < 1.29 is 9.59 Å². The highest BCUT2D eigenvalue weighted by Crippen LogP contribution is 2.32. The van der Waals surface area contributed by atoms with Gasteiger partial charge in [-0.05, 0) is 63.1 Å². The Morgan fingerprint density at radius 1 is 1.00 bits per heavy atom. The SMILES string of the molecule is Cc1ccccc1CNC(=O)[C@H]1CCCN(C2CCN(C(=O)C3CC3)CC2)C1. The highest BCUT2D eigenvalue weighted by Gasteiger charge is 2.37. The number of hydrogen-bond acceptors (Lipinski definition) is 3. The first-order valence-electron chi connectivity index (χ1n) is 11.0. The Morgan fingerprint density at radius 2 is 1.75 bits per heavy atom. The zero-order valence-corrected chi connectivity index (χ0v) is 17.0. The van der Waals surface area contributed by atoms with Crippen molar-refractivity contribution in [2.24, 2.45) is 11.8 Å². The van der Waals surface area contributed by atoms with Gasteiger partial charge in [-0.1, -0.05) is 24.3 Å². The normalized spacial score (nSPS) is 24.2. The number of carbonyl (C=O) groups is 2. The van der Waals surface area contributed by atoms with Gasteiger partial charge in [-0.2, -0.15) is 0 Å². The fourth-order valence-corrected chi connectivity index (χ4v) is 4.73. The van der Waals surface area contributed by atoms with E-state index in [4.69, 9.17) is 0 Å². The molecule has 28 heavy (non-hydrogen) atoms. The van der Waals surface area contributed by atoms with Crippen LogP contribution in [0.3, 0.4) is 0 Å². The Bertz CT molecular complexity index is 708. The van der Waals surface area contributed by atoms with Crippen molar-refractivity contribution in [3.05, 3.63) is 35.4 Å². The predicted octanol–water partition coefficient (Wildman–Crippen LogP) is 2.72. The smallest absolute Gasteiger partial charge is 0.225 e. The maximum absolute atomic E-state index is 12.7. The van der Waals surface area contributed by atoms with Gasteiger partial charge in [-0.25, -0.2) is 0 Å². The minimum absolute atomic E-state index is 0.0869. The van der Waals surface area contributed by atoms with Gasteiger partial charge in [-0.3, -0.25) is 14.5 Å². The van der Waals surface area contributed by atoms with E-state index in [9.17, 15) is 9.59 Å². The molecule has 1 N–H and O–H groups in total. The van der Waals surface area contributed by atoms with E-state index < -0.39 is 0 Å². The fourth-order valence-electron chi connectivity index (χ4n) is 4.73. The van der Waals surface area contributed by atoms with Crippen molar-refractivity contribution in [1.29, 1.82) is 0 Å². The van der Waals surface area contributed by atoms with E-state index in [1.54, 1.807) is 0 Å². The van der Waals surface area contributed by atoms with Crippen LogP contribution in [0, 0.1) is 18.8 Å². The molecule has 0 aromatic heterocycles. The molecule has 2 saturated heterocycles. The van der Waals surface area contributed by atoms with Crippen LogP contribution >= 0.6 is 0 Å². The molecule has 152 valence electrons. The van der Waals surface area contributed by atoms with Crippen LogP contribution in [0.2, 0.25) is 0 Å². The Balaban J connectivity index is 1.25. The van der Waals surface area contributed by atoms with Gasteiger partial charge in [0.1, 0.15) is 0 Å². The molecule has 2 amide bonds. The molecule has 5 heteroatoms. The van der Waals surface area contributed by atoms with Gasteiger partial charge in [0.2, 0.25) is 11.8 Å². The van der Waals surface area contributed by atoms with Crippen LogP contribution in [-0.2, 0) is 16.1 Å². The van der Waals surface area contributed by atoms with Crippen LogP contribution in [0.25, 0.3) is 0 Å². The lowest BCUT2D eigenvalue weighted by molar-refractivity contribution is -0.134. The van der Waals surface area contributed by atoms with Crippen LogP contribution in [-0.4, -0.2) is 53.8 Å². The standard InChI is InChI=1S/C23H33N3O2/c1-17-5-2-3-6-19(17)15-24-22(27)20-7-4-12-26(16-20)21-10-13-25(14-11-21)23(28)18-8-9-18/h2-3,5-6,18,20-21H,4,7-16H2,1H3,(H,24,27)/t20-/m0/s1. The maximum atomic E-state index is 12.7. The number of piperidine rings is 2. The zero-order valence-electron chi connectivity index (χ0n) is 17.0. The first-order valence-corrected chi connectivity index (χ1v) is 11.0. The van der Waals surface area contributed by atoms with E-state index in [1.165, 1.54) is 11.1 Å². The van der Waals surface area contributed by atoms with Crippen LogP contribution in [0.5, 0.6) is 0 Å². The van der Waals surface area contributed by atoms with E-state index in [0.717, 1.165) is 64.7 Å². The predicted molar refractivity (Wildman–Crippen MR) is 110 cm³/mol. The Labute approximate surface area is 168 Å². The average molecular weight is 384 g/mol. The average Bonchev–Trinajstić information content (AvgIpc) is 3.58. The third-order valence-electron chi connectivity index (χ3n) is 6.76. The highest BCUT2D eigenvalue weighted by atomic mass is 16.2. The molecule has 0 spiro atoms. The summed E-state index contributed by atoms with van der Waals surface area (Å²) in [5, 5.41) is 3.16. The van der Waals surface area contributed by atoms with E-state index in [2.05, 4.69) is 34.2 Å². The Kier molecular flexibility index (Phi) is 6.00. The molecule has 5 nitrogen and oxygen atoms in total. The second-order valence-electron chi connectivity index (χ2n) is 8.81. The van der Waals surface area contributed by atoms with Crippen LogP contribution in [0.15, 0.2) is 24.3 Å². The third-order valence-corrected chi connectivity index (χ3v) is 6.76. The summed E-state index contributed by atoms with van der Waals surface area (Å²) < 4.78 is 0. The summed E-state index contributed by atoms with van der Waals surface area (Å²) in [4.78, 5) is 29.6. The van der Waals surface area contributed by atoms with Crippen molar-refractivity contribution >= 4 is 11.8 Å². The van der Waals surface area contributed by atoms with Crippen molar-refractivity contribution in [1.82, 2.24) is 15.1 Å². The third kappa shape index (κ3) is 4.57. The summed E-state index contributed by atoms with van der Waals surface area (Å²) in [5.74, 6) is 0.983. The molecule has 1 aliphatic carbocycles. The molecule has 2 aliphatic heterocycles. The molecule has 1 aromatic rings. The maximum Gasteiger partial charge on any atom is 0.225 e. The minimum atomic E-state index is 0.0869. The quantitative estimate of drug-likeness (QED) is 0.851. The van der Waals surface area contributed by atoms with Gasteiger partial charge in [0.05, 0.1) is 5.92 Å². The monoisotopic (exact) mass is 383 g/mol. The number of nitrogens with one attached hydrogen (secondary N) is 1. The second-order valence-corrected chi connectivity index (χ2v) is 8.81. The molecule has 1 atom stereocenters. The summed E-state index contributed by atoms with van der Waals surface area (Å²) in [6, 6.07) is 8.75. The zero-order chi connectivity index (χ0) is 19.5. The molecule has 0 unspecified atom stereocenters. The number of nitrogens with zero attached hydrogens (tertiary/aromatic N) is 2. The van der Waals surface area contributed by atoms with Gasteiger partial charge in [-0.15, -0.1) is 0 Å². The Morgan fingerprint density at radius 3 is 2.46 bits per heavy atom. The van der Waals surface area contributed by atoms with Gasteiger partial charge in [0.15, 0.2) is 0 Å². The van der Waals surface area contributed by atoms with Gasteiger partial charge in [0, 0.05) is 38.1 Å². The van der Waals surface area contributed by atoms with Gasteiger partial charge >= 0.3 is 0 Å². The number of benzene rings is 1. The van der Waals surface area contributed by atoms with Crippen LogP contribution in [0.1, 0.15) is 49.7 Å². The molecule has 1 aromatic carbocycles. The molecular formula is C23H33N3O2. The second kappa shape index (κ2) is 8.64. The summed E-state index contributed by atoms with van der Waals surface area (Å²) in [5.41, 5.74) is 2.41. The molecule has 3 fully saturated rings. The summed E-state index contributed by atoms with van der Waals surface area (Å²) in [6.07, 6.45) is 6.35. The fraction of sp³-hybridized carbons (Fsp3) is 0.652. The molecule has 0 radical (unpaired) electrons. The number of carbonyl (C=O) groups excluding carboxylic acids is 2. The first-order chi connectivity index (χ1) is 13.6. The van der Waals surface area contributed by atoms with Gasteiger partial charge in [0.25, 0.3) is 0 Å². The first kappa shape index (κ1) is 19.4.